The van der Waals surface area contributed by atoms with E-state index in [4.69, 9.17) is 16.9 Å². The largest absolute Gasteiger partial charge is 0.366 e. The van der Waals surface area contributed by atoms with E-state index in [1.54, 1.807) is 6.07 Å². The molecule has 1 aliphatic heterocycles. The molecule has 0 unspecified atom stereocenters. The molecular weight excluding hydrogens is 300 g/mol. The first-order valence-corrected chi connectivity index (χ1v) is 7.80. The van der Waals surface area contributed by atoms with E-state index < -0.39 is 0 Å². The predicted octanol–water partition coefficient (Wildman–Crippen LogP) is 3.06. The number of halogens is 1. The Morgan fingerprint density at radius 1 is 1.45 bits per heavy atom. The standard InChI is InChI=1S/C16H21ClN4O/c1-16(2,3)15(22)21-6-4-12(5-7-21)20-14-13(17)8-11(9-18)10-19-14/h8,10,12H,4-7H2,1-3H3,(H,19,20). The van der Waals surface area contributed by atoms with E-state index in [-0.39, 0.29) is 17.4 Å². The third-order valence-corrected chi connectivity index (χ3v) is 4.02. The van der Waals surface area contributed by atoms with E-state index in [1.165, 1.54) is 6.20 Å². The number of anilines is 1. The van der Waals surface area contributed by atoms with E-state index in [0.717, 1.165) is 25.9 Å². The number of hydrogen-bond acceptors (Lipinski definition) is 4. The van der Waals surface area contributed by atoms with Crippen molar-refractivity contribution in [2.45, 2.75) is 39.7 Å². The summed E-state index contributed by atoms with van der Waals surface area (Å²) in [5, 5.41) is 12.6. The fraction of sp³-hybridized carbons (Fsp3) is 0.562. The second kappa shape index (κ2) is 6.53. The molecule has 118 valence electrons. The summed E-state index contributed by atoms with van der Waals surface area (Å²) < 4.78 is 0. The van der Waals surface area contributed by atoms with E-state index in [2.05, 4.69) is 10.3 Å². The highest BCUT2D eigenvalue weighted by atomic mass is 35.5. The summed E-state index contributed by atoms with van der Waals surface area (Å²) in [6.07, 6.45) is 3.23. The lowest BCUT2D eigenvalue weighted by Gasteiger charge is -2.36. The van der Waals surface area contributed by atoms with Gasteiger partial charge in [0.1, 0.15) is 11.9 Å². The monoisotopic (exact) mass is 320 g/mol. The average Bonchev–Trinajstić information content (AvgIpc) is 2.48. The molecule has 1 saturated heterocycles. The summed E-state index contributed by atoms with van der Waals surface area (Å²) >= 11 is 6.13. The highest BCUT2D eigenvalue weighted by Gasteiger charge is 2.30. The third-order valence-electron chi connectivity index (χ3n) is 3.73. The van der Waals surface area contributed by atoms with Crippen LogP contribution in [0.1, 0.15) is 39.2 Å². The van der Waals surface area contributed by atoms with Crippen LogP contribution in [0.15, 0.2) is 12.3 Å². The van der Waals surface area contributed by atoms with Crippen molar-refractivity contribution < 1.29 is 4.79 Å². The molecule has 1 N–H and O–H groups in total. The van der Waals surface area contributed by atoms with Gasteiger partial charge in [-0.3, -0.25) is 4.79 Å². The van der Waals surface area contributed by atoms with E-state index in [9.17, 15) is 4.79 Å². The Labute approximate surface area is 136 Å². The number of carbonyl (C=O) groups is 1. The summed E-state index contributed by atoms with van der Waals surface area (Å²) in [6.45, 7) is 7.31. The molecule has 2 rings (SSSR count). The molecule has 0 bridgehead atoms. The zero-order valence-electron chi connectivity index (χ0n) is 13.2. The number of nitrogens with one attached hydrogen (secondary N) is 1. The van der Waals surface area contributed by atoms with Crippen molar-refractivity contribution in [1.82, 2.24) is 9.88 Å². The molecule has 0 aromatic carbocycles. The molecule has 22 heavy (non-hydrogen) atoms. The zero-order chi connectivity index (χ0) is 16.3. The minimum atomic E-state index is -0.335. The van der Waals surface area contributed by atoms with Crippen LogP contribution in [0.5, 0.6) is 0 Å². The van der Waals surface area contributed by atoms with Gasteiger partial charge in [0.2, 0.25) is 5.91 Å². The number of rotatable bonds is 2. The molecule has 1 fully saturated rings. The molecule has 0 aliphatic carbocycles. The Hall–Kier alpha value is -1.80. The van der Waals surface area contributed by atoms with Gasteiger partial charge in [0.25, 0.3) is 0 Å². The van der Waals surface area contributed by atoms with Crippen LogP contribution in [0.25, 0.3) is 0 Å². The van der Waals surface area contributed by atoms with E-state index in [0.29, 0.717) is 16.4 Å². The van der Waals surface area contributed by atoms with Gasteiger partial charge in [-0.15, -0.1) is 0 Å². The maximum absolute atomic E-state index is 12.3. The first kappa shape index (κ1) is 16.6. The van der Waals surface area contributed by atoms with E-state index in [1.807, 2.05) is 31.7 Å². The molecule has 2 heterocycles. The van der Waals surface area contributed by atoms with Gasteiger partial charge in [-0.2, -0.15) is 5.26 Å². The molecule has 1 aromatic heterocycles. The van der Waals surface area contributed by atoms with Crippen molar-refractivity contribution in [2.75, 3.05) is 18.4 Å². The minimum Gasteiger partial charge on any atom is -0.366 e. The van der Waals surface area contributed by atoms with Gasteiger partial charge in [0, 0.05) is 30.7 Å². The molecule has 0 atom stereocenters. The van der Waals surface area contributed by atoms with E-state index >= 15 is 0 Å². The SMILES string of the molecule is CC(C)(C)C(=O)N1CCC(Nc2ncc(C#N)cc2Cl)CC1. The molecule has 0 saturated carbocycles. The van der Waals surface area contributed by atoms with Gasteiger partial charge in [-0.25, -0.2) is 4.98 Å². The number of nitrogens with zero attached hydrogens (tertiary/aromatic N) is 3. The van der Waals surface area contributed by atoms with Crippen molar-refractivity contribution in [3.05, 3.63) is 22.8 Å². The lowest BCUT2D eigenvalue weighted by molar-refractivity contribution is -0.140. The van der Waals surface area contributed by atoms with Crippen LogP contribution in [0.2, 0.25) is 5.02 Å². The lowest BCUT2D eigenvalue weighted by atomic mass is 9.93. The third kappa shape index (κ3) is 3.89. The summed E-state index contributed by atoms with van der Waals surface area (Å²) in [5.41, 5.74) is 0.110. The number of amides is 1. The van der Waals surface area contributed by atoms with Gasteiger partial charge in [-0.1, -0.05) is 32.4 Å². The predicted molar refractivity (Wildman–Crippen MR) is 86.6 cm³/mol. The van der Waals surface area contributed by atoms with Gasteiger partial charge in [0.15, 0.2) is 0 Å². The first-order chi connectivity index (χ1) is 10.3. The van der Waals surface area contributed by atoms with Crippen molar-refractivity contribution >= 4 is 23.3 Å². The smallest absolute Gasteiger partial charge is 0.227 e. The Morgan fingerprint density at radius 2 is 2.09 bits per heavy atom. The highest BCUT2D eigenvalue weighted by molar-refractivity contribution is 6.33. The lowest BCUT2D eigenvalue weighted by Crippen LogP contribution is -2.46. The fourth-order valence-electron chi connectivity index (χ4n) is 2.50. The highest BCUT2D eigenvalue weighted by Crippen LogP contribution is 2.25. The molecule has 1 amide bonds. The normalized spacial score (nSPS) is 16.2. The zero-order valence-corrected chi connectivity index (χ0v) is 13.9. The number of piperidine rings is 1. The second-order valence-corrected chi connectivity index (χ2v) is 7.03. The van der Waals surface area contributed by atoms with Gasteiger partial charge >= 0.3 is 0 Å². The average molecular weight is 321 g/mol. The number of carbonyl (C=O) groups excluding carboxylic acids is 1. The fourth-order valence-corrected chi connectivity index (χ4v) is 2.72. The number of hydrogen-bond donors (Lipinski definition) is 1. The summed E-state index contributed by atoms with van der Waals surface area (Å²) in [7, 11) is 0. The van der Waals surface area contributed by atoms with Crippen LogP contribution in [0, 0.1) is 16.7 Å². The summed E-state index contributed by atoms with van der Waals surface area (Å²) in [6, 6.07) is 3.86. The van der Waals surface area contributed by atoms with Crippen LogP contribution in [0.3, 0.4) is 0 Å². The van der Waals surface area contributed by atoms with Crippen molar-refractivity contribution in [1.29, 1.82) is 5.26 Å². The van der Waals surface area contributed by atoms with Gasteiger partial charge < -0.3 is 10.2 Å². The van der Waals surface area contributed by atoms with Crippen molar-refractivity contribution in [3.63, 3.8) is 0 Å². The number of aromatic nitrogens is 1. The molecule has 1 aliphatic rings. The first-order valence-electron chi connectivity index (χ1n) is 7.43. The molecule has 0 radical (unpaired) electrons. The number of nitriles is 1. The Morgan fingerprint density at radius 3 is 2.59 bits per heavy atom. The Kier molecular flexibility index (Phi) is 4.92. The number of likely N-dealkylation sites (tertiary alicyclic amines) is 1. The Balaban J connectivity index is 1.93. The Bertz CT molecular complexity index is 595. The number of pyridine rings is 1. The van der Waals surface area contributed by atoms with Crippen LogP contribution in [-0.2, 0) is 4.79 Å². The van der Waals surface area contributed by atoms with Crippen molar-refractivity contribution in [2.24, 2.45) is 5.41 Å². The molecule has 1 aromatic rings. The molecular formula is C16H21ClN4O. The van der Waals surface area contributed by atoms with Crippen LogP contribution >= 0.6 is 11.6 Å². The van der Waals surface area contributed by atoms with Crippen LogP contribution < -0.4 is 5.32 Å². The van der Waals surface area contributed by atoms with Crippen LogP contribution in [0.4, 0.5) is 5.82 Å². The molecule has 0 spiro atoms. The van der Waals surface area contributed by atoms with Gasteiger partial charge in [-0.05, 0) is 18.9 Å². The van der Waals surface area contributed by atoms with Gasteiger partial charge in [0.05, 0.1) is 10.6 Å². The van der Waals surface area contributed by atoms with Crippen LogP contribution in [-0.4, -0.2) is 34.9 Å². The topological polar surface area (TPSA) is 69.0 Å². The molecule has 5 nitrogen and oxygen atoms in total. The maximum Gasteiger partial charge on any atom is 0.227 e. The minimum absolute atomic E-state index is 0.195. The van der Waals surface area contributed by atoms with Crippen molar-refractivity contribution in [3.8, 4) is 6.07 Å². The quantitative estimate of drug-likeness (QED) is 0.909. The second-order valence-electron chi connectivity index (χ2n) is 6.63. The molecule has 6 heteroatoms. The summed E-state index contributed by atoms with van der Waals surface area (Å²) in [4.78, 5) is 18.4. The maximum atomic E-state index is 12.3. The summed E-state index contributed by atoms with van der Waals surface area (Å²) in [5.74, 6) is 0.793.